The summed E-state index contributed by atoms with van der Waals surface area (Å²) in [6.45, 7) is 0.125. The summed E-state index contributed by atoms with van der Waals surface area (Å²) < 4.78 is 6.11. The molecule has 0 aromatic heterocycles. The molecule has 0 unspecified atom stereocenters. The zero-order chi connectivity index (χ0) is 15.4. The van der Waals surface area contributed by atoms with Crippen molar-refractivity contribution in [3.8, 4) is 5.75 Å². The van der Waals surface area contributed by atoms with Gasteiger partial charge in [0.1, 0.15) is 12.9 Å². The van der Waals surface area contributed by atoms with Crippen LogP contribution in [-0.2, 0) is 6.61 Å². The van der Waals surface area contributed by atoms with E-state index in [1.54, 1.807) is 18.2 Å². The second-order valence-corrected chi connectivity index (χ2v) is 5.41. The van der Waals surface area contributed by atoms with Crippen molar-refractivity contribution in [2.45, 2.75) is 6.61 Å². The van der Waals surface area contributed by atoms with Crippen LogP contribution in [-0.4, -0.2) is 11.2 Å². The smallest absolute Gasteiger partial charge is 0.269 e. The number of nitrogens with zero attached hydrogens (tertiary/aromatic N) is 1. The maximum Gasteiger partial charge on any atom is 0.269 e. The van der Waals surface area contributed by atoms with Gasteiger partial charge in [0, 0.05) is 17.7 Å². The highest BCUT2D eigenvalue weighted by Gasteiger charge is 2.11. The van der Waals surface area contributed by atoms with Crippen LogP contribution in [0.15, 0.2) is 40.9 Å². The number of benzene rings is 2. The van der Waals surface area contributed by atoms with Crippen molar-refractivity contribution < 1.29 is 14.5 Å². The Bertz CT molecular complexity index is 682. The lowest BCUT2D eigenvalue weighted by atomic mass is 10.2. The van der Waals surface area contributed by atoms with Crippen LogP contribution in [0.3, 0.4) is 0 Å². The van der Waals surface area contributed by atoms with Crippen LogP contribution in [0.5, 0.6) is 5.75 Å². The van der Waals surface area contributed by atoms with Gasteiger partial charge in [-0.25, -0.2) is 0 Å². The van der Waals surface area contributed by atoms with Crippen LogP contribution >= 0.6 is 27.5 Å². The largest absolute Gasteiger partial charge is 0.486 e. The standard InChI is InChI=1S/C14H9BrClNO4/c15-12-5-10(7-18)6-13(16)14(12)21-8-9-2-1-3-11(4-9)17(19)20/h1-7H,8H2. The number of hydrogen-bond donors (Lipinski definition) is 0. The number of hydrogen-bond acceptors (Lipinski definition) is 4. The minimum absolute atomic E-state index is 0.00225. The molecule has 0 radical (unpaired) electrons. The van der Waals surface area contributed by atoms with E-state index in [0.717, 1.165) is 0 Å². The lowest BCUT2D eigenvalue weighted by molar-refractivity contribution is -0.384. The molecule has 0 bridgehead atoms. The van der Waals surface area contributed by atoms with Crippen LogP contribution in [0, 0.1) is 10.1 Å². The lowest BCUT2D eigenvalue weighted by Gasteiger charge is -2.10. The normalized spacial score (nSPS) is 10.2. The summed E-state index contributed by atoms with van der Waals surface area (Å²) >= 11 is 9.31. The van der Waals surface area contributed by atoms with E-state index in [1.165, 1.54) is 18.2 Å². The van der Waals surface area contributed by atoms with E-state index >= 15 is 0 Å². The Morgan fingerprint density at radius 1 is 1.33 bits per heavy atom. The Balaban J connectivity index is 2.18. The highest BCUT2D eigenvalue weighted by atomic mass is 79.9. The van der Waals surface area contributed by atoms with Crippen LogP contribution < -0.4 is 4.74 Å². The number of nitro benzene ring substituents is 1. The summed E-state index contributed by atoms with van der Waals surface area (Å²) in [5.74, 6) is 0.383. The Labute approximate surface area is 133 Å². The van der Waals surface area contributed by atoms with Crippen molar-refractivity contribution in [1.82, 2.24) is 0 Å². The quantitative estimate of drug-likeness (QED) is 0.444. The van der Waals surface area contributed by atoms with Crippen LogP contribution in [0.2, 0.25) is 5.02 Å². The summed E-state index contributed by atoms with van der Waals surface area (Å²) in [7, 11) is 0. The molecule has 2 aromatic rings. The van der Waals surface area contributed by atoms with Crippen molar-refractivity contribution in [2.75, 3.05) is 0 Å². The van der Waals surface area contributed by atoms with Gasteiger partial charge >= 0.3 is 0 Å². The highest BCUT2D eigenvalue weighted by Crippen LogP contribution is 2.34. The zero-order valence-corrected chi connectivity index (χ0v) is 12.9. The molecule has 0 spiro atoms. The van der Waals surface area contributed by atoms with Gasteiger partial charge in [0.05, 0.1) is 14.4 Å². The minimum atomic E-state index is -0.467. The van der Waals surface area contributed by atoms with E-state index in [9.17, 15) is 14.9 Å². The zero-order valence-electron chi connectivity index (χ0n) is 10.6. The first-order valence-electron chi connectivity index (χ1n) is 5.81. The van der Waals surface area contributed by atoms with Gasteiger partial charge in [-0.3, -0.25) is 14.9 Å². The Morgan fingerprint density at radius 2 is 2.10 bits per heavy atom. The van der Waals surface area contributed by atoms with E-state index in [0.29, 0.717) is 27.6 Å². The molecule has 7 heteroatoms. The fourth-order valence-electron chi connectivity index (χ4n) is 1.70. The molecule has 0 aliphatic carbocycles. The van der Waals surface area contributed by atoms with Crippen molar-refractivity contribution in [1.29, 1.82) is 0 Å². The van der Waals surface area contributed by atoms with Gasteiger partial charge in [-0.1, -0.05) is 23.7 Å². The number of nitro groups is 1. The van der Waals surface area contributed by atoms with Crippen molar-refractivity contribution >= 4 is 39.5 Å². The Morgan fingerprint density at radius 3 is 2.71 bits per heavy atom. The lowest BCUT2D eigenvalue weighted by Crippen LogP contribution is -1.98. The van der Waals surface area contributed by atoms with Gasteiger partial charge in [-0.15, -0.1) is 0 Å². The molecule has 0 heterocycles. The van der Waals surface area contributed by atoms with Crippen molar-refractivity contribution in [3.05, 3.63) is 67.1 Å². The van der Waals surface area contributed by atoms with Gasteiger partial charge in [0.2, 0.25) is 0 Å². The van der Waals surface area contributed by atoms with Gasteiger partial charge in [0.15, 0.2) is 5.75 Å². The van der Waals surface area contributed by atoms with E-state index < -0.39 is 4.92 Å². The summed E-state index contributed by atoms with van der Waals surface area (Å²) in [6.07, 6.45) is 0.682. The van der Waals surface area contributed by atoms with E-state index in [4.69, 9.17) is 16.3 Å². The number of halogens is 2. The molecule has 0 aliphatic heterocycles. The summed E-state index contributed by atoms with van der Waals surface area (Å²) in [6, 6.07) is 9.22. The minimum Gasteiger partial charge on any atom is -0.486 e. The molecule has 0 atom stereocenters. The summed E-state index contributed by atoms with van der Waals surface area (Å²) in [4.78, 5) is 21.0. The number of carbonyl (C=O) groups excluding carboxylic acids is 1. The molecule has 5 nitrogen and oxygen atoms in total. The van der Waals surface area contributed by atoms with Gasteiger partial charge < -0.3 is 4.74 Å². The molecule has 0 fully saturated rings. The SMILES string of the molecule is O=Cc1cc(Cl)c(OCc2cccc([N+](=O)[O-])c2)c(Br)c1. The highest BCUT2D eigenvalue weighted by molar-refractivity contribution is 9.10. The molecule has 21 heavy (non-hydrogen) atoms. The Kier molecular flexibility index (Phi) is 4.93. The van der Waals surface area contributed by atoms with Gasteiger partial charge in [0.25, 0.3) is 5.69 Å². The van der Waals surface area contributed by atoms with Crippen LogP contribution in [0.25, 0.3) is 0 Å². The molecule has 0 N–H and O–H groups in total. The molecule has 0 aliphatic rings. The molecular formula is C14H9BrClNO4. The number of rotatable bonds is 5. The topological polar surface area (TPSA) is 69.4 Å². The third-order valence-electron chi connectivity index (χ3n) is 2.66. The predicted octanol–water partition coefficient (Wildman–Crippen LogP) is 4.40. The van der Waals surface area contributed by atoms with E-state index in [1.807, 2.05) is 0 Å². The molecule has 108 valence electrons. The average Bonchev–Trinajstić information content (AvgIpc) is 2.46. The monoisotopic (exact) mass is 369 g/mol. The molecule has 0 saturated carbocycles. The maximum atomic E-state index is 10.7. The Hall–Kier alpha value is -1.92. The first kappa shape index (κ1) is 15.5. The number of carbonyl (C=O) groups is 1. The van der Waals surface area contributed by atoms with Crippen LogP contribution in [0.1, 0.15) is 15.9 Å². The molecule has 0 saturated heterocycles. The van der Waals surface area contributed by atoms with Gasteiger partial charge in [-0.05, 0) is 33.6 Å². The predicted molar refractivity (Wildman–Crippen MR) is 82.0 cm³/mol. The molecule has 2 aromatic carbocycles. The van der Waals surface area contributed by atoms with E-state index in [-0.39, 0.29) is 17.3 Å². The molecular weight excluding hydrogens is 362 g/mol. The third-order valence-corrected chi connectivity index (χ3v) is 3.53. The number of ether oxygens (including phenoxy) is 1. The number of non-ortho nitro benzene ring substituents is 1. The number of aldehydes is 1. The van der Waals surface area contributed by atoms with Crippen molar-refractivity contribution in [3.63, 3.8) is 0 Å². The second kappa shape index (κ2) is 6.69. The fourth-order valence-corrected chi connectivity index (χ4v) is 2.69. The maximum absolute atomic E-state index is 10.7. The van der Waals surface area contributed by atoms with Gasteiger partial charge in [-0.2, -0.15) is 0 Å². The van der Waals surface area contributed by atoms with E-state index in [2.05, 4.69) is 15.9 Å². The van der Waals surface area contributed by atoms with Crippen LogP contribution in [0.4, 0.5) is 5.69 Å². The average molecular weight is 371 g/mol. The second-order valence-electron chi connectivity index (χ2n) is 4.15. The molecule has 2 rings (SSSR count). The first-order valence-corrected chi connectivity index (χ1v) is 6.98. The third kappa shape index (κ3) is 3.80. The fraction of sp³-hybridized carbons (Fsp3) is 0.0714. The van der Waals surface area contributed by atoms with Crippen molar-refractivity contribution in [2.24, 2.45) is 0 Å². The first-order chi connectivity index (χ1) is 10.0. The summed E-state index contributed by atoms with van der Waals surface area (Å²) in [5.41, 5.74) is 1.07. The summed E-state index contributed by atoms with van der Waals surface area (Å²) in [5, 5.41) is 11.0. The molecule has 0 amide bonds.